The Morgan fingerprint density at radius 3 is 2.70 bits per heavy atom. The van der Waals surface area contributed by atoms with E-state index in [0.717, 1.165) is 45.0 Å². The highest BCUT2D eigenvalue weighted by Gasteiger charge is 2.26. The molecule has 0 bridgehead atoms. The SMILES string of the molecule is Cc1c(-c2ccnc(Nc3ccc4c(c3)CS(=O)(=O)C4)n2)c(C)n2c1CNCC2=O. The number of nitrogens with zero attached hydrogens (tertiary/aromatic N) is 3. The molecule has 2 N–H and O–H groups in total. The topological polar surface area (TPSA) is 106 Å². The first-order valence-electron chi connectivity index (χ1n) is 9.70. The number of carbonyl (C=O) groups excluding carboxylic acids is 1. The maximum atomic E-state index is 12.4. The molecule has 3 aromatic rings. The second-order valence-corrected chi connectivity index (χ2v) is 9.84. The van der Waals surface area contributed by atoms with Crippen LogP contribution in [0.1, 0.15) is 32.9 Å². The number of benzene rings is 1. The van der Waals surface area contributed by atoms with Crippen LogP contribution in [-0.2, 0) is 27.9 Å². The van der Waals surface area contributed by atoms with E-state index < -0.39 is 9.84 Å². The summed E-state index contributed by atoms with van der Waals surface area (Å²) in [6, 6.07) is 7.35. The Labute approximate surface area is 174 Å². The molecule has 0 amide bonds. The standard InChI is InChI=1S/C21H21N5O3S/c1-12-18-8-22-9-19(27)26(18)13(2)20(12)17-5-6-23-21(25-17)24-16-4-3-14-10-30(28,29)11-15(14)7-16/h3-7,22H,8-11H2,1-2H3,(H,23,24,25). The maximum absolute atomic E-state index is 12.4. The Morgan fingerprint density at radius 1 is 1.10 bits per heavy atom. The highest BCUT2D eigenvalue weighted by atomic mass is 32.2. The molecule has 30 heavy (non-hydrogen) atoms. The molecule has 0 saturated carbocycles. The normalized spacial score (nSPS) is 16.9. The van der Waals surface area contributed by atoms with Crippen LogP contribution < -0.4 is 10.6 Å². The van der Waals surface area contributed by atoms with Crippen molar-refractivity contribution in [1.82, 2.24) is 19.9 Å². The fraction of sp³-hybridized carbons (Fsp3) is 0.286. The van der Waals surface area contributed by atoms with Gasteiger partial charge in [0.05, 0.1) is 23.7 Å². The molecule has 1 aromatic carbocycles. The van der Waals surface area contributed by atoms with E-state index in [1.54, 1.807) is 10.8 Å². The van der Waals surface area contributed by atoms with Gasteiger partial charge in [-0.15, -0.1) is 0 Å². The van der Waals surface area contributed by atoms with E-state index in [-0.39, 0.29) is 17.4 Å². The molecular formula is C21H21N5O3S. The van der Waals surface area contributed by atoms with Gasteiger partial charge in [-0.3, -0.25) is 9.36 Å². The quantitative estimate of drug-likeness (QED) is 0.667. The van der Waals surface area contributed by atoms with Crippen molar-refractivity contribution in [3.8, 4) is 11.3 Å². The van der Waals surface area contributed by atoms with Crippen molar-refractivity contribution >= 4 is 27.4 Å². The van der Waals surface area contributed by atoms with Gasteiger partial charge in [-0.05, 0) is 48.7 Å². The first-order chi connectivity index (χ1) is 14.3. The average molecular weight is 423 g/mol. The number of nitrogens with one attached hydrogen (secondary N) is 2. The van der Waals surface area contributed by atoms with Crippen LogP contribution in [0.5, 0.6) is 0 Å². The van der Waals surface area contributed by atoms with Gasteiger partial charge >= 0.3 is 0 Å². The number of rotatable bonds is 3. The van der Waals surface area contributed by atoms with E-state index in [1.807, 2.05) is 38.1 Å². The number of fused-ring (bicyclic) bond motifs is 2. The van der Waals surface area contributed by atoms with Crippen molar-refractivity contribution in [2.24, 2.45) is 0 Å². The average Bonchev–Trinajstić information content (AvgIpc) is 3.14. The van der Waals surface area contributed by atoms with Crippen LogP contribution in [0.2, 0.25) is 0 Å². The van der Waals surface area contributed by atoms with Crippen molar-refractivity contribution in [1.29, 1.82) is 0 Å². The van der Waals surface area contributed by atoms with E-state index in [1.165, 1.54) is 0 Å². The molecule has 2 aliphatic rings. The van der Waals surface area contributed by atoms with Gasteiger partial charge in [0.15, 0.2) is 9.84 Å². The minimum Gasteiger partial charge on any atom is -0.324 e. The second-order valence-electron chi connectivity index (χ2n) is 7.77. The molecule has 2 aromatic heterocycles. The lowest BCUT2D eigenvalue weighted by molar-refractivity contribution is 0.0892. The summed E-state index contributed by atoms with van der Waals surface area (Å²) in [6.45, 7) is 4.91. The third-order valence-corrected chi connectivity index (χ3v) is 7.22. The Kier molecular flexibility index (Phi) is 4.26. The zero-order chi connectivity index (χ0) is 21.0. The maximum Gasteiger partial charge on any atom is 0.245 e. The summed E-state index contributed by atoms with van der Waals surface area (Å²) in [5.41, 5.74) is 6.95. The molecule has 0 fully saturated rings. The molecule has 0 atom stereocenters. The molecule has 154 valence electrons. The number of hydrogen-bond donors (Lipinski definition) is 2. The highest BCUT2D eigenvalue weighted by Crippen LogP contribution is 2.33. The summed E-state index contributed by atoms with van der Waals surface area (Å²) >= 11 is 0. The summed E-state index contributed by atoms with van der Waals surface area (Å²) in [7, 11) is -3.05. The number of sulfone groups is 1. The van der Waals surface area contributed by atoms with Gasteiger partial charge in [0.25, 0.3) is 0 Å². The number of carbonyl (C=O) groups is 1. The summed E-state index contributed by atoms with van der Waals surface area (Å²) < 4.78 is 25.5. The van der Waals surface area contributed by atoms with E-state index >= 15 is 0 Å². The van der Waals surface area contributed by atoms with Gasteiger partial charge in [-0.1, -0.05) is 6.07 Å². The fourth-order valence-electron chi connectivity index (χ4n) is 4.38. The van der Waals surface area contributed by atoms with E-state index in [9.17, 15) is 13.2 Å². The van der Waals surface area contributed by atoms with E-state index in [4.69, 9.17) is 0 Å². The summed E-state index contributed by atoms with van der Waals surface area (Å²) in [6.07, 6.45) is 1.68. The molecule has 2 aliphatic heterocycles. The molecule has 0 unspecified atom stereocenters. The zero-order valence-electron chi connectivity index (χ0n) is 16.7. The van der Waals surface area contributed by atoms with Gasteiger partial charge in [0, 0.05) is 35.4 Å². The molecule has 0 radical (unpaired) electrons. The third kappa shape index (κ3) is 3.10. The molecule has 4 heterocycles. The Morgan fingerprint density at radius 2 is 1.90 bits per heavy atom. The number of anilines is 2. The van der Waals surface area contributed by atoms with Gasteiger partial charge < -0.3 is 10.6 Å². The van der Waals surface area contributed by atoms with Gasteiger partial charge in [-0.25, -0.2) is 18.4 Å². The molecule has 0 saturated heterocycles. The Bertz CT molecular complexity index is 1310. The van der Waals surface area contributed by atoms with Crippen molar-refractivity contribution in [3.63, 3.8) is 0 Å². The Balaban J connectivity index is 1.49. The molecule has 0 spiro atoms. The van der Waals surface area contributed by atoms with Gasteiger partial charge in [0.2, 0.25) is 11.9 Å². The summed E-state index contributed by atoms with van der Waals surface area (Å²) in [5, 5.41) is 6.31. The van der Waals surface area contributed by atoms with Gasteiger partial charge in [-0.2, -0.15) is 0 Å². The number of aromatic nitrogens is 3. The van der Waals surface area contributed by atoms with Crippen LogP contribution >= 0.6 is 0 Å². The lowest BCUT2D eigenvalue weighted by Gasteiger charge is -2.16. The van der Waals surface area contributed by atoms with E-state index in [2.05, 4.69) is 20.6 Å². The Hall–Kier alpha value is -3.04. The van der Waals surface area contributed by atoms with Gasteiger partial charge in [0.1, 0.15) is 0 Å². The predicted molar refractivity (Wildman–Crippen MR) is 113 cm³/mol. The van der Waals surface area contributed by atoms with Crippen molar-refractivity contribution in [2.45, 2.75) is 31.9 Å². The predicted octanol–water partition coefficient (Wildman–Crippen LogP) is 2.48. The van der Waals surface area contributed by atoms with Crippen LogP contribution in [0.15, 0.2) is 30.5 Å². The minimum atomic E-state index is -3.05. The van der Waals surface area contributed by atoms with Crippen LogP contribution in [0.3, 0.4) is 0 Å². The van der Waals surface area contributed by atoms with Crippen LogP contribution in [-0.4, -0.2) is 35.4 Å². The van der Waals surface area contributed by atoms with E-state index in [0.29, 0.717) is 19.0 Å². The van der Waals surface area contributed by atoms with Crippen molar-refractivity contribution in [2.75, 3.05) is 11.9 Å². The fourth-order valence-corrected chi connectivity index (χ4v) is 5.98. The molecule has 5 rings (SSSR count). The molecular weight excluding hydrogens is 402 g/mol. The first-order valence-corrected chi connectivity index (χ1v) is 11.5. The second kappa shape index (κ2) is 6.75. The molecule has 8 nitrogen and oxygen atoms in total. The largest absolute Gasteiger partial charge is 0.324 e. The smallest absolute Gasteiger partial charge is 0.245 e. The van der Waals surface area contributed by atoms with Crippen LogP contribution in [0.25, 0.3) is 11.3 Å². The zero-order valence-corrected chi connectivity index (χ0v) is 17.5. The first kappa shape index (κ1) is 19.0. The molecule has 0 aliphatic carbocycles. The van der Waals surface area contributed by atoms with Crippen LogP contribution in [0, 0.1) is 13.8 Å². The third-order valence-electron chi connectivity index (χ3n) is 5.72. The summed E-state index contributed by atoms with van der Waals surface area (Å²) in [4.78, 5) is 21.3. The lowest BCUT2D eigenvalue weighted by Crippen LogP contribution is -2.35. The monoisotopic (exact) mass is 423 g/mol. The molecule has 9 heteroatoms. The van der Waals surface area contributed by atoms with Crippen molar-refractivity contribution in [3.05, 3.63) is 58.5 Å². The summed E-state index contributed by atoms with van der Waals surface area (Å²) in [5.74, 6) is 0.611. The van der Waals surface area contributed by atoms with Crippen LogP contribution in [0.4, 0.5) is 11.6 Å². The van der Waals surface area contributed by atoms with Crippen molar-refractivity contribution < 1.29 is 13.2 Å². The number of hydrogen-bond acceptors (Lipinski definition) is 7. The highest BCUT2D eigenvalue weighted by molar-refractivity contribution is 7.90. The minimum absolute atomic E-state index is 0.0311. The lowest BCUT2D eigenvalue weighted by atomic mass is 10.1.